The van der Waals surface area contributed by atoms with Gasteiger partial charge in [-0.25, -0.2) is 0 Å². The monoisotopic (exact) mass is 260 g/mol. The Hall–Kier alpha value is 0.300. The summed E-state index contributed by atoms with van der Waals surface area (Å²) in [7, 11) is -2.21. The van der Waals surface area contributed by atoms with Gasteiger partial charge in [-0.1, -0.05) is 0 Å². The van der Waals surface area contributed by atoms with Crippen LogP contribution in [0.3, 0.4) is 0 Å². The number of hydrogen-bond acceptors (Lipinski definition) is 6. The SMILES string of the molecule is COP(=O)(OC)C(C)(C)P(=O)(OC)OC. The standard InChI is InChI=1S/C7H18O6P2/c1-7(2,14(8,10-3)11-4)15(9,12-5)13-6/h1-6H3. The van der Waals surface area contributed by atoms with Gasteiger partial charge in [0.15, 0.2) is 4.90 Å². The van der Waals surface area contributed by atoms with Crippen LogP contribution in [0.2, 0.25) is 0 Å². The van der Waals surface area contributed by atoms with Crippen LogP contribution in [0.25, 0.3) is 0 Å². The highest BCUT2D eigenvalue weighted by atomic mass is 31.2. The summed E-state index contributed by atoms with van der Waals surface area (Å²) in [5.74, 6) is 0. The molecule has 0 spiro atoms. The quantitative estimate of drug-likeness (QED) is 0.684. The molecule has 0 aliphatic rings. The summed E-state index contributed by atoms with van der Waals surface area (Å²) in [4.78, 5) is -1.37. The molecule has 0 atom stereocenters. The lowest BCUT2D eigenvalue weighted by molar-refractivity contribution is 0.232. The van der Waals surface area contributed by atoms with E-state index in [1.165, 1.54) is 42.3 Å². The van der Waals surface area contributed by atoms with Gasteiger partial charge >= 0.3 is 15.2 Å². The minimum absolute atomic E-state index is 1.22. The summed E-state index contributed by atoms with van der Waals surface area (Å²) < 4.78 is 43.5. The molecule has 92 valence electrons. The van der Waals surface area contributed by atoms with Crippen molar-refractivity contribution in [3.05, 3.63) is 0 Å². The molecule has 0 radical (unpaired) electrons. The summed E-state index contributed by atoms with van der Waals surface area (Å²) in [6.07, 6.45) is 0. The van der Waals surface area contributed by atoms with E-state index in [1.807, 2.05) is 0 Å². The van der Waals surface area contributed by atoms with E-state index in [0.29, 0.717) is 0 Å². The second kappa shape index (κ2) is 5.09. The van der Waals surface area contributed by atoms with Gasteiger partial charge in [-0.2, -0.15) is 0 Å². The molecule has 0 bridgehead atoms. The van der Waals surface area contributed by atoms with Crippen molar-refractivity contribution in [2.24, 2.45) is 0 Å². The van der Waals surface area contributed by atoms with Crippen LogP contribution < -0.4 is 0 Å². The Kier molecular flexibility index (Phi) is 5.19. The minimum atomic E-state index is -3.55. The maximum Gasteiger partial charge on any atom is 0.347 e. The highest BCUT2D eigenvalue weighted by Gasteiger charge is 2.57. The molecule has 0 saturated heterocycles. The Morgan fingerprint density at radius 1 is 0.733 bits per heavy atom. The zero-order valence-corrected chi connectivity index (χ0v) is 11.6. The lowest BCUT2D eigenvalue weighted by Gasteiger charge is -2.34. The summed E-state index contributed by atoms with van der Waals surface area (Å²) in [5.41, 5.74) is 0. The first kappa shape index (κ1) is 15.3. The van der Waals surface area contributed by atoms with E-state index in [9.17, 15) is 9.13 Å². The number of hydrogen-bond donors (Lipinski definition) is 0. The van der Waals surface area contributed by atoms with Crippen molar-refractivity contribution in [1.29, 1.82) is 0 Å². The fraction of sp³-hybridized carbons (Fsp3) is 1.00. The molecule has 0 N–H and O–H groups in total. The number of rotatable bonds is 6. The molecule has 0 aromatic rings. The Labute approximate surface area is 90.3 Å². The molecule has 8 heteroatoms. The summed E-state index contributed by atoms with van der Waals surface area (Å²) >= 11 is 0. The van der Waals surface area contributed by atoms with E-state index in [2.05, 4.69) is 0 Å². The molecule has 15 heavy (non-hydrogen) atoms. The predicted octanol–water partition coefficient (Wildman–Crippen LogP) is 2.69. The minimum Gasteiger partial charge on any atom is -0.311 e. The van der Waals surface area contributed by atoms with Gasteiger partial charge in [0.1, 0.15) is 0 Å². The van der Waals surface area contributed by atoms with Crippen LogP contribution in [0.4, 0.5) is 0 Å². The van der Waals surface area contributed by atoms with E-state index in [-0.39, 0.29) is 0 Å². The maximum atomic E-state index is 12.2. The van der Waals surface area contributed by atoms with Gasteiger partial charge in [0.05, 0.1) is 0 Å². The van der Waals surface area contributed by atoms with Gasteiger partial charge in [-0.15, -0.1) is 0 Å². The van der Waals surface area contributed by atoms with Crippen LogP contribution >= 0.6 is 15.2 Å². The van der Waals surface area contributed by atoms with E-state index in [1.54, 1.807) is 0 Å². The van der Waals surface area contributed by atoms with Crippen LogP contribution in [0.5, 0.6) is 0 Å². The van der Waals surface area contributed by atoms with Gasteiger partial charge < -0.3 is 18.1 Å². The molecular weight excluding hydrogens is 242 g/mol. The fourth-order valence-corrected chi connectivity index (χ4v) is 5.46. The zero-order chi connectivity index (χ0) is 12.3. The molecule has 0 aliphatic heterocycles. The zero-order valence-electron chi connectivity index (χ0n) is 9.84. The second-order valence-electron chi connectivity index (χ2n) is 3.22. The molecular formula is C7H18O6P2. The van der Waals surface area contributed by atoms with Crippen LogP contribution in [-0.2, 0) is 27.2 Å². The summed E-state index contributed by atoms with van der Waals surface area (Å²) in [5, 5.41) is 0. The van der Waals surface area contributed by atoms with Crippen molar-refractivity contribution >= 4 is 15.2 Å². The van der Waals surface area contributed by atoms with E-state index >= 15 is 0 Å². The Morgan fingerprint density at radius 2 is 0.933 bits per heavy atom. The van der Waals surface area contributed by atoms with Crippen LogP contribution in [0, 0.1) is 0 Å². The highest BCUT2D eigenvalue weighted by molar-refractivity contribution is 7.74. The van der Waals surface area contributed by atoms with E-state index < -0.39 is 20.1 Å². The lowest BCUT2D eigenvalue weighted by Crippen LogP contribution is -2.24. The molecule has 6 nitrogen and oxygen atoms in total. The second-order valence-corrected chi connectivity index (χ2v) is 9.26. The summed E-state index contributed by atoms with van der Waals surface area (Å²) in [6.45, 7) is 2.91. The van der Waals surface area contributed by atoms with Crippen LogP contribution in [0.15, 0.2) is 0 Å². The van der Waals surface area contributed by atoms with Gasteiger partial charge in [0.2, 0.25) is 0 Å². The van der Waals surface area contributed by atoms with Gasteiger partial charge in [-0.3, -0.25) is 9.13 Å². The molecule has 0 rings (SSSR count). The lowest BCUT2D eigenvalue weighted by atomic mass is 10.5. The Morgan fingerprint density at radius 3 is 1.07 bits per heavy atom. The molecule has 0 aliphatic carbocycles. The molecule has 0 heterocycles. The first-order chi connectivity index (χ1) is 6.74. The summed E-state index contributed by atoms with van der Waals surface area (Å²) in [6, 6.07) is 0. The van der Waals surface area contributed by atoms with Crippen molar-refractivity contribution < 1.29 is 27.2 Å². The van der Waals surface area contributed by atoms with E-state index in [0.717, 1.165) is 0 Å². The average Bonchev–Trinajstić information content (AvgIpc) is 2.26. The third-order valence-corrected chi connectivity index (χ3v) is 8.38. The third-order valence-electron chi connectivity index (χ3n) is 2.30. The van der Waals surface area contributed by atoms with Gasteiger partial charge in [-0.05, 0) is 13.8 Å². The molecule has 0 saturated carbocycles. The first-order valence-electron chi connectivity index (χ1n) is 4.18. The third kappa shape index (κ3) is 2.36. The van der Waals surface area contributed by atoms with Gasteiger partial charge in [0, 0.05) is 28.4 Å². The van der Waals surface area contributed by atoms with Crippen molar-refractivity contribution in [2.45, 2.75) is 18.7 Å². The maximum absolute atomic E-state index is 12.2. The van der Waals surface area contributed by atoms with Crippen molar-refractivity contribution in [3.8, 4) is 0 Å². The molecule has 0 fully saturated rings. The smallest absolute Gasteiger partial charge is 0.311 e. The van der Waals surface area contributed by atoms with Crippen LogP contribution in [-0.4, -0.2) is 33.3 Å². The van der Waals surface area contributed by atoms with Crippen molar-refractivity contribution in [2.75, 3.05) is 28.4 Å². The predicted molar refractivity (Wildman–Crippen MR) is 57.3 cm³/mol. The average molecular weight is 260 g/mol. The largest absolute Gasteiger partial charge is 0.347 e. The fourth-order valence-electron chi connectivity index (χ4n) is 1.19. The first-order valence-corrected chi connectivity index (χ1v) is 7.26. The van der Waals surface area contributed by atoms with Crippen LogP contribution in [0.1, 0.15) is 13.8 Å². The highest BCUT2D eigenvalue weighted by Crippen LogP contribution is 2.76. The topological polar surface area (TPSA) is 71.1 Å². The molecule has 0 amide bonds. The molecule has 0 aromatic carbocycles. The molecule has 0 aromatic heterocycles. The molecule has 0 unspecified atom stereocenters. The Balaban J connectivity index is 5.47. The Bertz CT molecular complexity index is 256. The van der Waals surface area contributed by atoms with Gasteiger partial charge in [0.25, 0.3) is 0 Å². The van der Waals surface area contributed by atoms with Crippen molar-refractivity contribution in [3.63, 3.8) is 0 Å². The normalized spacial score (nSPS) is 14.3. The van der Waals surface area contributed by atoms with Crippen molar-refractivity contribution in [1.82, 2.24) is 0 Å². The van der Waals surface area contributed by atoms with E-state index in [4.69, 9.17) is 18.1 Å².